The van der Waals surface area contributed by atoms with Crippen LogP contribution in [-0.2, 0) is 18.8 Å². The fourth-order valence-corrected chi connectivity index (χ4v) is 4.50. The molecule has 6 nitrogen and oxygen atoms in total. The summed E-state index contributed by atoms with van der Waals surface area (Å²) in [4.78, 5) is 26.2. The van der Waals surface area contributed by atoms with E-state index in [2.05, 4.69) is 33.9 Å². The minimum atomic E-state index is -2.06. The Morgan fingerprint density at radius 3 is 2.25 bits per heavy atom. The van der Waals surface area contributed by atoms with Crippen LogP contribution in [0.1, 0.15) is 41.5 Å². The SMILES string of the molecule is CCOc1ccc(N2C(=O)[C@H]([C@H](C)O[Si](C)(C)C(C)(C)C)[C@H]2OC(C)=O)cc1. The van der Waals surface area contributed by atoms with Crippen molar-refractivity contribution in [3.05, 3.63) is 24.3 Å². The highest BCUT2D eigenvalue weighted by Gasteiger charge is 2.55. The molecule has 0 spiro atoms. The molecule has 1 amide bonds. The normalized spacial score (nSPS) is 21.1. The van der Waals surface area contributed by atoms with Gasteiger partial charge in [-0.25, -0.2) is 0 Å². The van der Waals surface area contributed by atoms with Crippen molar-refractivity contribution in [2.24, 2.45) is 5.92 Å². The van der Waals surface area contributed by atoms with Crippen LogP contribution in [-0.4, -0.2) is 39.1 Å². The Balaban J connectivity index is 2.22. The summed E-state index contributed by atoms with van der Waals surface area (Å²) in [7, 11) is -2.06. The van der Waals surface area contributed by atoms with E-state index in [4.69, 9.17) is 13.9 Å². The molecule has 1 aromatic carbocycles. The van der Waals surface area contributed by atoms with Gasteiger partial charge in [-0.15, -0.1) is 0 Å². The molecule has 0 radical (unpaired) electrons. The highest BCUT2D eigenvalue weighted by Crippen LogP contribution is 2.42. The largest absolute Gasteiger partial charge is 0.494 e. The molecule has 2 rings (SSSR count). The van der Waals surface area contributed by atoms with E-state index in [1.165, 1.54) is 11.8 Å². The maximum absolute atomic E-state index is 13.0. The van der Waals surface area contributed by atoms with E-state index >= 15 is 0 Å². The van der Waals surface area contributed by atoms with E-state index in [9.17, 15) is 9.59 Å². The zero-order valence-electron chi connectivity index (χ0n) is 18.2. The molecule has 1 fully saturated rings. The first-order valence-electron chi connectivity index (χ1n) is 9.80. The maximum atomic E-state index is 13.0. The van der Waals surface area contributed by atoms with Gasteiger partial charge < -0.3 is 13.9 Å². The van der Waals surface area contributed by atoms with Crippen LogP contribution in [0.3, 0.4) is 0 Å². The van der Waals surface area contributed by atoms with Crippen molar-refractivity contribution in [2.45, 2.75) is 72.0 Å². The molecule has 7 heteroatoms. The van der Waals surface area contributed by atoms with Crippen LogP contribution in [0.15, 0.2) is 24.3 Å². The fourth-order valence-electron chi connectivity index (χ4n) is 3.07. The third-order valence-corrected chi connectivity index (χ3v) is 10.2. The highest BCUT2D eigenvalue weighted by atomic mass is 28.4. The minimum absolute atomic E-state index is 0.0276. The van der Waals surface area contributed by atoms with Crippen LogP contribution in [0, 0.1) is 5.92 Å². The Morgan fingerprint density at radius 2 is 1.79 bits per heavy atom. The lowest BCUT2D eigenvalue weighted by atomic mass is 9.89. The summed E-state index contributed by atoms with van der Waals surface area (Å²) in [6.07, 6.45) is -1.00. The standard InChI is InChI=1S/C21H33NO5Si/c1-9-25-17-12-10-16(11-13-17)22-19(24)18(20(22)26-15(3)23)14(2)27-28(7,8)21(4,5)6/h10-14,18,20H,9H2,1-8H3/t14-,18-,20+/m0/s1. The van der Waals surface area contributed by atoms with E-state index in [0.717, 1.165) is 5.75 Å². The molecular weight excluding hydrogens is 374 g/mol. The number of hydrogen-bond donors (Lipinski definition) is 0. The lowest BCUT2D eigenvalue weighted by Crippen LogP contribution is -2.67. The molecular formula is C21H33NO5Si. The second kappa shape index (κ2) is 8.25. The van der Waals surface area contributed by atoms with Gasteiger partial charge in [0.1, 0.15) is 11.7 Å². The third-order valence-electron chi connectivity index (χ3n) is 5.59. The van der Waals surface area contributed by atoms with E-state index in [-0.39, 0.29) is 17.0 Å². The Bertz CT molecular complexity index is 711. The van der Waals surface area contributed by atoms with Crippen molar-refractivity contribution < 1.29 is 23.5 Å². The quantitative estimate of drug-likeness (QED) is 0.382. The number of carbonyl (C=O) groups excluding carboxylic acids is 2. The predicted octanol–water partition coefficient (Wildman–Crippen LogP) is 4.35. The van der Waals surface area contributed by atoms with E-state index in [1.807, 2.05) is 13.8 Å². The molecule has 1 heterocycles. The molecule has 1 aromatic rings. The van der Waals surface area contributed by atoms with E-state index in [0.29, 0.717) is 12.3 Å². The van der Waals surface area contributed by atoms with Crippen LogP contribution in [0.2, 0.25) is 18.1 Å². The minimum Gasteiger partial charge on any atom is -0.494 e. The first kappa shape index (κ1) is 22.4. The summed E-state index contributed by atoms with van der Waals surface area (Å²) >= 11 is 0. The topological polar surface area (TPSA) is 65.1 Å². The van der Waals surface area contributed by atoms with Crippen molar-refractivity contribution in [1.82, 2.24) is 0 Å². The molecule has 1 aliphatic rings. The molecule has 28 heavy (non-hydrogen) atoms. The maximum Gasteiger partial charge on any atom is 0.304 e. The molecule has 0 aliphatic carbocycles. The van der Waals surface area contributed by atoms with Gasteiger partial charge in [-0.1, -0.05) is 20.8 Å². The molecule has 0 bridgehead atoms. The Kier molecular flexibility index (Phi) is 6.61. The third kappa shape index (κ3) is 4.58. The van der Waals surface area contributed by atoms with Crippen LogP contribution >= 0.6 is 0 Å². The summed E-state index contributed by atoms with van der Waals surface area (Å²) in [5.41, 5.74) is 0.676. The summed E-state index contributed by atoms with van der Waals surface area (Å²) in [5.74, 6) is -0.293. The zero-order chi connectivity index (χ0) is 21.3. The number of β-lactam (4-membered cyclic amide) rings is 1. The Labute approximate surface area is 169 Å². The van der Waals surface area contributed by atoms with Gasteiger partial charge in [0.2, 0.25) is 5.91 Å². The summed E-state index contributed by atoms with van der Waals surface area (Å²) in [6.45, 7) is 16.5. The molecule has 0 N–H and O–H groups in total. The van der Waals surface area contributed by atoms with Crippen molar-refractivity contribution in [2.75, 3.05) is 11.5 Å². The average molecular weight is 408 g/mol. The molecule has 0 saturated carbocycles. The Morgan fingerprint density at radius 1 is 1.21 bits per heavy atom. The van der Waals surface area contributed by atoms with Gasteiger partial charge in [0.15, 0.2) is 14.5 Å². The van der Waals surface area contributed by atoms with Crippen molar-refractivity contribution in [3.8, 4) is 5.75 Å². The van der Waals surface area contributed by atoms with Gasteiger partial charge in [0.25, 0.3) is 0 Å². The second-order valence-electron chi connectivity index (χ2n) is 8.74. The molecule has 3 atom stereocenters. The zero-order valence-corrected chi connectivity index (χ0v) is 19.2. The number of carbonyl (C=O) groups is 2. The number of esters is 1. The molecule has 1 saturated heterocycles. The number of hydrogen-bond acceptors (Lipinski definition) is 5. The fraction of sp³-hybridized carbons (Fsp3) is 0.619. The number of nitrogens with zero attached hydrogens (tertiary/aromatic N) is 1. The van der Waals surface area contributed by atoms with Gasteiger partial charge in [0.05, 0.1) is 12.7 Å². The van der Waals surface area contributed by atoms with Crippen LogP contribution in [0.25, 0.3) is 0 Å². The van der Waals surface area contributed by atoms with Gasteiger partial charge in [-0.05, 0) is 56.2 Å². The number of amides is 1. The van der Waals surface area contributed by atoms with Crippen LogP contribution in [0.4, 0.5) is 5.69 Å². The molecule has 156 valence electrons. The lowest BCUT2D eigenvalue weighted by Gasteiger charge is -2.50. The monoisotopic (exact) mass is 407 g/mol. The second-order valence-corrected chi connectivity index (χ2v) is 13.5. The number of benzene rings is 1. The van der Waals surface area contributed by atoms with Gasteiger partial charge in [0, 0.05) is 12.6 Å². The number of anilines is 1. The summed E-state index contributed by atoms with van der Waals surface area (Å²) in [5, 5.41) is 0.0276. The molecule has 1 aliphatic heterocycles. The first-order valence-corrected chi connectivity index (χ1v) is 12.7. The first-order chi connectivity index (χ1) is 12.9. The van der Waals surface area contributed by atoms with Crippen LogP contribution in [0.5, 0.6) is 5.75 Å². The molecule has 0 unspecified atom stereocenters. The average Bonchev–Trinajstić information content (AvgIpc) is 2.54. The van der Waals surface area contributed by atoms with Gasteiger partial charge >= 0.3 is 5.97 Å². The smallest absolute Gasteiger partial charge is 0.304 e. The highest BCUT2D eigenvalue weighted by molar-refractivity contribution is 6.74. The summed E-state index contributed by atoms with van der Waals surface area (Å²) in [6, 6.07) is 7.21. The van der Waals surface area contributed by atoms with Crippen molar-refractivity contribution in [3.63, 3.8) is 0 Å². The van der Waals surface area contributed by atoms with Crippen molar-refractivity contribution >= 4 is 25.9 Å². The van der Waals surface area contributed by atoms with Crippen LogP contribution < -0.4 is 9.64 Å². The summed E-state index contributed by atoms with van der Waals surface area (Å²) < 4.78 is 17.4. The number of ether oxygens (including phenoxy) is 2. The predicted molar refractivity (Wildman–Crippen MR) is 112 cm³/mol. The number of rotatable bonds is 7. The molecule has 0 aromatic heterocycles. The van der Waals surface area contributed by atoms with Crippen molar-refractivity contribution in [1.29, 1.82) is 0 Å². The van der Waals surface area contributed by atoms with Gasteiger partial charge in [-0.3, -0.25) is 14.5 Å². The van der Waals surface area contributed by atoms with E-state index in [1.54, 1.807) is 24.3 Å². The Hall–Kier alpha value is -1.86. The van der Waals surface area contributed by atoms with E-state index < -0.39 is 26.4 Å². The lowest BCUT2D eigenvalue weighted by molar-refractivity contribution is -0.165. The van der Waals surface area contributed by atoms with Gasteiger partial charge in [-0.2, -0.15) is 0 Å².